The van der Waals surface area contributed by atoms with Gasteiger partial charge in [-0.05, 0) is 42.7 Å². The molecule has 0 aliphatic heterocycles. The maximum atomic E-state index is 13.6. The fraction of sp³-hybridized carbons (Fsp3) is 0.200. The zero-order valence-electron chi connectivity index (χ0n) is 14.9. The van der Waals surface area contributed by atoms with E-state index in [0.29, 0.717) is 36.7 Å². The number of carbonyl (C=O) groups is 1. The number of pyridine rings is 1. The Balaban J connectivity index is 1.59. The molecule has 1 amide bonds. The van der Waals surface area contributed by atoms with Gasteiger partial charge in [-0.1, -0.05) is 24.3 Å². The summed E-state index contributed by atoms with van der Waals surface area (Å²) in [5.74, 6) is -0.217. The highest BCUT2D eigenvalue weighted by atomic mass is 19.1. The van der Waals surface area contributed by atoms with Gasteiger partial charge in [0.1, 0.15) is 11.5 Å². The maximum absolute atomic E-state index is 13.6. The third-order valence-corrected chi connectivity index (χ3v) is 3.90. The number of amides is 1. The van der Waals surface area contributed by atoms with Gasteiger partial charge in [0.2, 0.25) is 5.95 Å². The number of rotatable bonds is 7. The summed E-state index contributed by atoms with van der Waals surface area (Å²) in [6.07, 6.45) is 3.87. The molecule has 3 aromatic rings. The smallest absolute Gasteiger partial charge is 0.270 e. The number of aromatic nitrogens is 3. The molecule has 0 aliphatic carbocycles. The number of carbonyl (C=O) groups excluding carboxylic acids is 1. The SMILES string of the molecule is Cc1cc(C(=O)NCCc2ccccc2F)nc(NCc2cccnc2)n1. The van der Waals surface area contributed by atoms with E-state index in [-0.39, 0.29) is 17.4 Å². The predicted octanol–water partition coefficient (Wildman–Crippen LogP) is 2.90. The third-order valence-electron chi connectivity index (χ3n) is 3.90. The van der Waals surface area contributed by atoms with E-state index < -0.39 is 0 Å². The third kappa shape index (κ3) is 5.31. The fourth-order valence-electron chi connectivity index (χ4n) is 2.55. The van der Waals surface area contributed by atoms with Crippen molar-refractivity contribution in [1.82, 2.24) is 20.3 Å². The molecule has 27 heavy (non-hydrogen) atoms. The molecule has 0 fully saturated rings. The van der Waals surface area contributed by atoms with Gasteiger partial charge in [0.05, 0.1) is 0 Å². The zero-order chi connectivity index (χ0) is 19.1. The van der Waals surface area contributed by atoms with Crippen LogP contribution in [0, 0.1) is 12.7 Å². The van der Waals surface area contributed by atoms with E-state index in [1.165, 1.54) is 6.07 Å². The molecule has 3 rings (SSSR count). The van der Waals surface area contributed by atoms with Crippen LogP contribution in [0.4, 0.5) is 10.3 Å². The van der Waals surface area contributed by atoms with Gasteiger partial charge in [0, 0.05) is 31.2 Å². The largest absolute Gasteiger partial charge is 0.350 e. The quantitative estimate of drug-likeness (QED) is 0.673. The molecule has 0 bridgehead atoms. The van der Waals surface area contributed by atoms with Gasteiger partial charge in [-0.3, -0.25) is 9.78 Å². The van der Waals surface area contributed by atoms with E-state index in [4.69, 9.17) is 0 Å². The Hall–Kier alpha value is -3.35. The molecule has 0 saturated carbocycles. The normalized spacial score (nSPS) is 10.4. The molecule has 0 atom stereocenters. The summed E-state index contributed by atoms with van der Waals surface area (Å²) in [7, 11) is 0. The minimum Gasteiger partial charge on any atom is -0.350 e. The highest BCUT2D eigenvalue weighted by Crippen LogP contribution is 2.08. The Morgan fingerprint density at radius 1 is 1.15 bits per heavy atom. The molecule has 0 aliphatic rings. The van der Waals surface area contributed by atoms with Crippen LogP contribution in [0.15, 0.2) is 54.9 Å². The Morgan fingerprint density at radius 3 is 2.78 bits per heavy atom. The topological polar surface area (TPSA) is 79.8 Å². The molecule has 6 nitrogen and oxygen atoms in total. The lowest BCUT2D eigenvalue weighted by molar-refractivity contribution is 0.0949. The average molecular weight is 365 g/mol. The molecule has 0 saturated heterocycles. The van der Waals surface area contributed by atoms with Crippen LogP contribution >= 0.6 is 0 Å². The molecule has 1 aromatic carbocycles. The van der Waals surface area contributed by atoms with Crippen molar-refractivity contribution in [2.45, 2.75) is 19.9 Å². The van der Waals surface area contributed by atoms with Gasteiger partial charge in [-0.25, -0.2) is 14.4 Å². The van der Waals surface area contributed by atoms with Crippen LogP contribution in [0.3, 0.4) is 0 Å². The summed E-state index contributed by atoms with van der Waals surface area (Å²) in [5, 5.41) is 5.86. The highest BCUT2D eigenvalue weighted by Gasteiger charge is 2.11. The number of halogens is 1. The van der Waals surface area contributed by atoms with Gasteiger partial charge in [0.15, 0.2) is 0 Å². The van der Waals surface area contributed by atoms with Crippen molar-refractivity contribution in [1.29, 1.82) is 0 Å². The van der Waals surface area contributed by atoms with Gasteiger partial charge in [-0.2, -0.15) is 0 Å². The molecule has 2 heterocycles. The lowest BCUT2D eigenvalue weighted by Crippen LogP contribution is -2.27. The molecule has 0 spiro atoms. The van der Waals surface area contributed by atoms with Gasteiger partial charge in [0.25, 0.3) is 5.91 Å². The molecule has 0 unspecified atom stereocenters. The second-order valence-electron chi connectivity index (χ2n) is 6.03. The van der Waals surface area contributed by atoms with Crippen molar-refractivity contribution in [2.24, 2.45) is 0 Å². The Morgan fingerprint density at radius 2 is 2.00 bits per heavy atom. The molecular weight excluding hydrogens is 345 g/mol. The molecule has 138 valence electrons. The van der Waals surface area contributed by atoms with Crippen LogP contribution < -0.4 is 10.6 Å². The van der Waals surface area contributed by atoms with E-state index in [2.05, 4.69) is 25.6 Å². The minimum absolute atomic E-state index is 0.268. The molecule has 2 N–H and O–H groups in total. The zero-order valence-corrected chi connectivity index (χ0v) is 14.9. The monoisotopic (exact) mass is 365 g/mol. The Labute approximate surface area is 156 Å². The number of nitrogens with one attached hydrogen (secondary N) is 2. The summed E-state index contributed by atoms with van der Waals surface area (Å²) >= 11 is 0. The van der Waals surface area contributed by atoms with E-state index >= 15 is 0 Å². The van der Waals surface area contributed by atoms with E-state index in [1.54, 1.807) is 43.6 Å². The number of benzene rings is 1. The number of hydrogen-bond acceptors (Lipinski definition) is 5. The standard InChI is InChI=1S/C20H20FN5O/c1-14-11-18(19(27)23-10-8-16-6-2-3-7-17(16)21)26-20(25-14)24-13-15-5-4-9-22-12-15/h2-7,9,11-12H,8,10,13H2,1H3,(H,23,27)(H,24,25,26). The molecule has 0 radical (unpaired) electrons. The van der Waals surface area contributed by atoms with Crippen LogP contribution in [0.2, 0.25) is 0 Å². The van der Waals surface area contributed by atoms with Crippen LogP contribution in [0.1, 0.15) is 27.3 Å². The average Bonchev–Trinajstić information content (AvgIpc) is 2.68. The van der Waals surface area contributed by atoms with E-state index in [1.807, 2.05) is 12.1 Å². The van der Waals surface area contributed by atoms with Crippen LogP contribution in [0.25, 0.3) is 0 Å². The molecule has 7 heteroatoms. The fourth-order valence-corrected chi connectivity index (χ4v) is 2.55. The molecular formula is C20H20FN5O. The van der Waals surface area contributed by atoms with Crippen molar-refractivity contribution < 1.29 is 9.18 Å². The summed E-state index contributed by atoms with van der Waals surface area (Å²) in [5.41, 5.74) is 2.50. The first-order valence-corrected chi connectivity index (χ1v) is 8.62. The Bertz CT molecular complexity index is 917. The minimum atomic E-state index is -0.318. The summed E-state index contributed by atoms with van der Waals surface area (Å²) < 4.78 is 13.6. The van der Waals surface area contributed by atoms with Crippen LogP contribution in [-0.2, 0) is 13.0 Å². The van der Waals surface area contributed by atoms with Crippen molar-refractivity contribution >= 4 is 11.9 Å². The number of hydrogen-bond donors (Lipinski definition) is 2. The number of anilines is 1. The van der Waals surface area contributed by atoms with Gasteiger partial charge < -0.3 is 10.6 Å². The Kier molecular flexibility index (Phi) is 6.04. The second kappa shape index (κ2) is 8.84. The van der Waals surface area contributed by atoms with Crippen LogP contribution in [-0.4, -0.2) is 27.4 Å². The van der Waals surface area contributed by atoms with Gasteiger partial charge >= 0.3 is 0 Å². The predicted molar refractivity (Wildman–Crippen MR) is 101 cm³/mol. The first kappa shape index (κ1) is 18.4. The van der Waals surface area contributed by atoms with Gasteiger partial charge in [-0.15, -0.1) is 0 Å². The summed E-state index contributed by atoms with van der Waals surface area (Å²) in [6, 6.07) is 11.9. The first-order chi connectivity index (χ1) is 13.1. The van der Waals surface area contributed by atoms with Crippen molar-refractivity contribution in [2.75, 3.05) is 11.9 Å². The number of nitrogens with zero attached hydrogens (tertiary/aromatic N) is 3. The van der Waals surface area contributed by atoms with Crippen molar-refractivity contribution in [3.05, 3.63) is 83.2 Å². The molecule has 2 aromatic heterocycles. The highest BCUT2D eigenvalue weighted by molar-refractivity contribution is 5.92. The van der Waals surface area contributed by atoms with Crippen molar-refractivity contribution in [3.63, 3.8) is 0 Å². The lowest BCUT2D eigenvalue weighted by atomic mass is 10.1. The van der Waals surface area contributed by atoms with E-state index in [9.17, 15) is 9.18 Å². The second-order valence-corrected chi connectivity index (χ2v) is 6.03. The van der Waals surface area contributed by atoms with Crippen molar-refractivity contribution in [3.8, 4) is 0 Å². The first-order valence-electron chi connectivity index (χ1n) is 8.62. The summed E-state index contributed by atoms with van der Waals surface area (Å²) in [6.45, 7) is 2.62. The summed E-state index contributed by atoms with van der Waals surface area (Å²) in [4.78, 5) is 25.0. The van der Waals surface area contributed by atoms with Crippen LogP contribution in [0.5, 0.6) is 0 Å². The maximum Gasteiger partial charge on any atom is 0.270 e. The lowest BCUT2D eigenvalue weighted by Gasteiger charge is -2.09. The van der Waals surface area contributed by atoms with E-state index in [0.717, 1.165) is 5.56 Å². The number of aryl methyl sites for hydroxylation is 1.